The summed E-state index contributed by atoms with van der Waals surface area (Å²) in [6.07, 6.45) is 0. The average molecular weight is 657 g/mol. The highest BCUT2D eigenvalue weighted by atomic mass is 14.6. The number of rotatable bonds is 4. The molecule has 240 valence electrons. The predicted octanol–water partition coefficient (Wildman–Crippen LogP) is 12.8. The minimum Gasteiger partial charge on any atom is -0.0622 e. The van der Waals surface area contributed by atoms with Crippen molar-refractivity contribution in [2.75, 3.05) is 0 Å². The second-order valence-corrected chi connectivity index (χ2v) is 14.7. The molecule has 0 heterocycles. The van der Waals surface area contributed by atoms with Crippen LogP contribution in [-0.2, 0) is 10.8 Å². The van der Waals surface area contributed by atoms with Crippen LogP contribution in [0, 0.1) is 0 Å². The van der Waals surface area contributed by atoms with Gasteiger partial charge in [-0.3, -0.25) is 0 Å². The van der Waals surface area contributed by atoms with Crippen LogP contribution in [0.5, 0.6) is 0 Å². The van der Waals surface area contributed by atoms with Gasteiger partial charge in [0, 0.05) is 0 Å². The third kappa shape index (κ3) is 3.25. The summed E-state index contributed by atoms with van der Waals surface area (Å²) < 4.78 is 0. The van der Waals surface area contributed by atoms with E-state index in [1.54, 1.807) is 0 Å². The highest BCUT2D eigenvalue weighted by Crippen LogP contribution is 2.67. The standard InChI is InChI=1S/C52H32/c1-5-19-37(20-6-1)51(38-21-7-2-8-22-38)42-32-36-29-28-33-17-15-18-35-31-43-47(46(36)45(33)35)48(42)49-44(51)30-34-16-13-14-27-41(34)50(49)52(43,39-23-9-3-10-24-39)40-25-11-4-12-26-40/h1-32H. The van der Waals surface area contributed by atoms with Gasteiger partial charge in [0.15, 0.2) is 0 Å². The fraction of sp³-hybridized carbons (Fsp3) is 0.0385. The largest absolute Gasteiger partial charge is 0.0720 e. The quantitative estimate of drug-likeness (QED) is 0.165. The first-order valence-electron chi connectivity index (χ1n) is 18.4. The van der Waals surface area contributed by atoms with Crippen molar-refractivity contribution in [2.24, 2.45) is 0 Å². The molecule has 0 amide bonds. The Morgan fingerprint density at radius 1 is 0.269 bits per heavy atom. The topological polar surface area (TPSA) is 0 Å². The van der Waals surface area contributed by atoms with Crippen molar-refractivity contribution >= 4 is 43.1 Å². The van der Waals surface area contributed by atoms with E-state index in [4.69, 9.17) is 0 Å². The molecule has 0 saturated heterocycles. The van der Waals surface area contributed by atoms with Crippen molar-refractivity contribution < 1.29 is 0 Å². The summed E-state index contributed by atoms with van der Waals surface area (Å²) >= 11 is 0. The first-order chi connectivity index (χ1) is 25.8. The molecule has 0 heteroatoms. The Bertz CT molecular complexity index is 2950. The first-order valence-corrected chi connectivity index (χ1v) is 18.4. The molecule has 0 unspecified atom stereocenters. The van der Waals surface area contributed by atoms with Gasteiger partial charge in [0.05, 0.1) is 10.8 Å². The van der Waals surface area contributed by atoms with E-state index in [9.17, 15) is 0 Å². The zero-order valence-electron chi connectivity index (χ0n) is 28.5. The summed E-state index contributed by atoms with van der Waals surface area (Å²) in [7, 11) is 0. The average Bonchev–Trinajstić information content (AvgIpc) is 3.51. The van der Waals surface area contributed by atoms with E-state index in [0.717, 1.165) is 0 Å². The fourth-order valence-electron chi connectivity index (χ4n) is 10.6. The van der Waals surface area contributed by atoms with E-state index in [-0.39, 0.29) is 0 Å². The first kappa shape index (κ1) is 28.2. The van der Waals surface area contributed by atoms with Crippen molar-refractivity contribution in [2.45, 2.75) is 10.8 Å². The minimum absolute atomic E-state index is 0.531. The molecule has 0 fully saturated rings. The molecule has 0 spiro atoms. The lowest BCUT2D eigenvalue weighted by atomic mass is 9.58. The molecule has 2 aliphatic carbocycles. The Balaban J connectivity index is 1.46. The second kappa shape index (κ2) is 10.1. The molecule has 0 saturated carbocycles. The summed E-state index contributed by atoms with van der Waals surface area (Å²) in [5.74, 6) is 0. The molecule has 0 aliphatic heterocycles. The van der Waals surface area contributed by atoms with E-state index in [0.29, 0.717) is 0 Å². The molecular formula is C52H32. The van der Waals surface area contributed by atoms with Crippen molar-refractivity contribution in [3.8, 4) is 11.1 Å². The fourth-order valence-corrected chi connectivity index (χ4v) is 10.6. The highest BCUT2D eigenvalue weighted by molar-refractivity contribution is 6.30. The number of fused-ring (bicyclic) bond motifs is 2. The zero-order valence-corrected chi connectivity index (χ0v) is 28.5. The molecule has 0 aromatic heterocycles. The molecule has 0 radical (unpaired) electrons. The van der Waals surface area contributed by atoms with Crippen LogP contribution in [0.15, 0.2) is 194 Å². The molecule has 10 aromatic rings. The normalized spacial score (nSPS) is 14.8. The number of hydrogen-bond acceptors (Lipinski definition) is 0. The Morgan fingerprint density at radius 3 is 1.35 bits per heavy atom. The van der Waals surface area contributed by atoms with E-state index >= 15 is 0 Å². The maximum absolute atomic E-state index is 2.56. The van der Waals surface area contributed by atoms with E-state index in [2.05, 4.69) is 194 Å². The molecule has 0 nitrogen and oxygen atoms in total. The van der Waals surface area contributed by atoms with Crippen LogP contribution in [0.1, 0.15) is 44.5 Å². The van der Waals surface area contributed by atoms with Gasteiger partial charge in [-0.15, -0.1) is 0 Å². The van der Waals surface area contributed by atoms with Gasteiger partial charge in [-0.1, -0.05) is 176 Å². The third-order valence-electron chi connectivity index (χ3n) is 12.5. The van der Waals surface area contributed by atoms with Gasteiger partial charge < -0.3 is 0 Å². The monoisotopic (exact) mass is 656 g/mol. The highest BCUT2D eigenvalue weighted by Gasteiger charge is 2.55. The van der Waals surface area contributed by atoms with Gasteiger partial charge in [0.1, 0.15) is 0 Å². The van der Waals surface area contributed by atoms with Crippen LogP contribution in [0.25, 0.3) is 54.2 Å². The summed E-state index contributed by atoms with van der Waals surface area (Å²) in [4.78, 5) is 0. The number of benzene rings is 10. The summed E-state index contributed by atoms with van der Waals surface area (Å²) in [6, 6.07) is 73.6. The van der Waals surface area contributed by atoms with Crippen LogP contribution in [-0.4, -0.2) is 0 Å². The SMILES string of the molecule is c1ccc(C2(c3ccccc3)c3cc4ccccc4c4c3-c3c2cc2ccc5cccc6cc(c3c2c56)C4(c2ccccc2)c2ccccc2)cc1. The van der Waals surface area contributed by atoms with Crippen molar-refractivity contribution in [3.63, 3.8) is 0 Å². The van der Waals surface area contributed by atoms with Crippen molar-refractivity contribution in [3.05, 3.63) is 239 Å². The van der Waals surface area contributed by atoms with E-state index in [1.165, 1.54) is 98.7 Å². The Hall–Kier alpha value is -6.50. The summed E-state index contributed by atoms with van der Waals surface area (Å²) in [5, 5.41) is 10.6. The lowest BCUT2D eigenvalue weighted by Gasteiger charge is -2.43. The van der Waals surface area contributed by atoms with Crippen LogP contribution in [0.3, 0.4) is 0 Å². The Morgan fingerprint density at radius 2 is 0.712 bits per heavy atom. The van der Waals surface area contributed by atoms with Crippen molar-refractivity contribution in [1.29, 1.82) is 0 Å². The van der Waals surface area contributed by atoms with Gasteiger partial charge in [-0.25, -0.2) is 0 Å². The molecule has 0 bridgehead atoms. The molecule has 2 aliphatic rings. The maximum Gasteiger partial charge on any atom is 0.0720 e. The van der Waals surface area contributed by atoms with Gasteiger partial charge in [-0.05, 0) is 117 Å². The molecule has 0 atom stereocenters. The second-order valence-electron chi connectivity index (χ2n) is 14.7. The lowest BCUT2D eigenvalue weighted by molar-refractivity contribution is 0.751. The summed E-state index contributed by atoms with van der Waals surface area (Å²) in [5.41, 5.74) is 12.3. The zero-order chi connectivity index (χ0) is 34.0. The van der Waals surface area contributed by atoms with E-state index in [1.807, 2.05) is 0 Å². The Labute approximate surface area is 302 Å². The molecule has 12 rings (SSSR count). The van der Waals surface area contributed by atoms with Gasteiger partial charge in [0.25, 0.3) is 0 Å². The maximum atomic E-state index is 2.56. The number of hydrogen-bond donors (Lipinski definition) is 0. The van der Waals surface area contributed by atoms with Crippen molar-refractivity contribution in [1.82, 2.24) is 0 Å². The minimum atomic E-state index is -0.592. The van der Waals surface area contributed by atoms with Crippen LogP contribution in [0.4, 0.5) is 0 Å². The van der Waals surface area contributed by atoms with Gasteiger partial charge in [-0.2, -0.15) is 0 Å². The van der Waals surface area contributed by atoms with Gasteiger partial charge >= 0.3 is 0 Å². The third-order valence-corrected chi connectivity index (χ3v) is 12.5. The predicted molar refractivity (Wildman–Crippen MR) is 217 cm³/mol. The molecular weight excluding hydrogens is 625 g/mol. The van der Waals surface area contributed by atoms with Gasteiger partial charge in [0.2, 0.25) is 0 Å². The molecule has 0 N–H and O–H groups in total. The molecule has 10 aromatic carbocycles. The van der Waals surface area contributed by atoms with E-state index < -0.39 is 10.8 Å². The molecule has 52 heavy (non-hydrogen) atoms. The Kier molecular flexibility index (Phi) is 5.46. The van der Waals surface area contributed by atoms with Crippen LogP contribution in [0.2, 0.25) is 0 Å². The smallest absolute Gasteiger partial charge is 0.0622 e. The summed E-state index contributed by atoms with van der Waals surface area (Å²) in [6.45, 7) is 0. The van der Waals surface area contributed by atoms with Crippen LogP contribution >= 0.6 is 0 Å². The lowest BCUT2D eigenvalue weighted by Crippen LogP contribution is -2.34. The van der Waals surface area contributed by atoms with Crippen LogP contribution < -0.4 is 0 Å².